The van der Waals surface area contributed by atoms with E-state index in [2.05, 4.69) is 11.8 Å². The molecule has 0 aromatic heterocycles. The van der Waals surface area contributed by atoms with Gasteiger partial charge in [0.1, 0.15) is 0 Å². The van der Waals surface area contributed by atoms with Crippen LogP contribution in [0.5, 0.6) is 0 Å². The third-order valence-electron chi connectivity index (χ3n) is 4.71. The number of hydrogen-bond acceptors (Lipinski definition) is 3. The van der Waals surface area contributed by atoms with Gasteiger partial charge >= 0.3 is 0 Å². The molecule has 2 aliphatic rings. The maximum Gasteiger partial charge on any atom is 0.0661 e. The molecular weight excluding hydrogens is 212 g/mol. The quantitative estimate of drug-likeness (QED) is 0.799. The van der Waals surface area contributed by atoms with Crippen LogP contribution in [0.15, 0.2) is 0 Å². The van der Waals surface area contributed by atoms with Crippen LogP contribution in [0.1, 0.15) is 45.4 Å². The SMILES string of the molecule is COCC(CN)(C1CC1)N1CCCCCC1C. The molecule has 2 fully saturated rings. The van der Waals surface area contributed by atoms with Crippen LogP contribution >= 0.6 is 0 Å². The Bertz CT molecular complexity index is 242. The van der Waals surface area contributed by atoms with Gasteiger partial charge in [0.25, 0.3) is 0 Å². The van der Waals surface area contributed by atoms with Crippen molar-refractivity contribution in [1.29, 1.82) is 0 Å². The zero-order chi connectivity index (χ0) is 12.3. The fraction of sp³-hybridized carbons (Fsp3) is 1.00. The molecular formula is C14H28N2O. The van der Waals surface area contributed by atoms with Crippen molar-refractivity contribution in [3.63, 3.8) is 0 Å². The molecule has 0 amide bonds. The normalized spacial score (nSPS) is 30.9. The van der Waals surface area contributed by atoms with Gasteiger partial charge in [0, 0.05) is 19.7 Å². The Morgan fingerprint density at radius 1 is 1.24 bits per heavy atom. The lowest BCUT2D eigenvalue weighted by Gasteiger charge is -2.46. The van der Waals surface area contributed by atoms with E-state index >= 15 is 0 Å². The fourth-order valence-electron chi connectivity index (χ4n) is 3.59. The Labute approximate surface area is 106 Å². The van der Waals surface area contributed by atoms with E-state index in [1.54, 1.807) is 0 Å². The fourth-order valence-corrected chi connectivity index (χ4v) is 3.59. The Morgan fingerprint density at radius 2 is 2.00 bits per heavy atom. The molecule has 2 unspecified atom stereocenters. The predicted octanol–water partition coefficient (Wildman–Crippen LogP) is 2.00. The summed E-state index contributed by atoms with van der Waals surface area (Å²) in [6, 6.07) is 0.664. The minimum Gasteiger partial charge on any atom is -0.383 e. The van der Waals surface area contributed by atoms with Gasteiger partial charge in [0.05, 0.1) is 12.1 Å². The van der Waals surface area contributed by atoms with Crippen molar-refractivity contribution in [2.45, 2.75) is 57.0 Å². The molecule has 2 rings (SSSR count). The van der Waals surface area contributed by atoms with Gasteiger partial charge in [0.2, 0.25) is 0 Å². The highest BCUT2D eigenvalue weighted by Gasteiger charge is 2.49. The summed E-state index contributed by atoms with van der Waals surface area (Å²) in [5, 5.41) is 0. The summed E-state index contributed by atoms with van der Waals surface area (Å²) in [7, 11) is 1.81. The second kappa shape index (κ2) is 5.68. The lowest BCUT2D eigenvalue weighted by Crippen LogP contribution is -2.61. The lowest BCUT2D eigenvalue weighted by molar-refractivity contribution is -0.0213. The second-order valence-corrected chi connectivity index (χ2v) is 5.91. The van der Waals surface area contributed by atoms with Crippen LogP contribution in [-0.2, 0) is 4.74 Å². The van der Waals surface area contributed by atoms with Crippen molar-refractivity contribution in [2.75, 3.05) is 26.8 Å². The van der Waals surface area contributed by atoms with E-state index in [4.69, 9.17) is 10.5 Å². The smallest absolute Gasteiger partial charge is 0.0661 e. The number of likely N-dealkylation sites (tertiary alicyclic amines) is 1. The first-order valence-corrected chi connectivity index (χ1v) is 7.20. The molecule has 17 heavy (non-hydrogen) atoms. The van der Waals surface area contributed by atoms with E-state index in [0.717, 1.165) is 19.1 Å². The van der Waals surface area contributed by atoms with Crippen LogP contribution in [0, 0.1) is 5.92 Å². The molecule has 100 valence electrons. The van der Waals surface area contributed by atoms with Gasteiger partial charge in [-0.3, -0.25) is 4.90 Å². The maximum absolute atomic E-state index is 6.16. The van der Waals surface area contributed by atoms with E-state index in [1.807, 2.05) is 7.11 Å². The van der Waals surface area contributed by atoms with E-state index in [1.165, 1.54) is 45.1 Å². The molecule has 2 atom stereocenters. The van der Waals surface area contributed by atoms with E-state index in [9.17, 15) is 0 Å². The number of nitrogens with zero attached hydrogens (tertiary/aromatic N) is 1. The van der Waals surface area contributed by atoms with Crippen LogP contribution in [0.25, 0.3) is 0 Å². The highest BCUT2D eigenvalue weighted by atomic mass is 16.5. The van der Waals surface area contributed by atoms with Crippen LogP contribution in [0.4, 0.5) is 0 Å². The average Bonchev–Trinajstić information content (AvgIpc) is 3.14. The third kappa shape index (κ3) is 2.67. The van der Waals surface area contributed by atoms with Crippen LogP contribution < -0.4 is 5.73 Å². The minimum atomic E-state index is 0.124. The number of methoxy groups -OCH3 is 1. The monoisotopic (exact) mass is 240 g/mol. The Hall–Kier alpha value is -0.120. The summed E-state index contributed by atoms with van der Waals surface area (Å²) in [6.45, 7) is 5.13. The van der Waals surface area contributed by atoms with Gasteiger partial charge in [-0.05, 0) is 45.1 Å². The van der Waals surface area contributed by atoms with Gasteiger partial charge < -0.3 is 10.5 Å². The zero-order valence-electron chi connectivity index (χ0n) is 11.5. The Morgan fingerprint density at radius 3 is 2.59 bits per heavy atom. The molecule has 0 aromatic rings. The molecule has 1 heterocycles. The summed E-state index contributed by atoms with van der Waals surface area (Å²) in [5.41, 5.74) is 6.28. The molecule has 1 saturated heterocycles. The van der Waals surface area contributed by atoms with Gasteiger partial charge in [-0.25, -0.2) is 0 Å². The molecule has 3 heteroatoms. The van der Waals surface area contributed by atoms with Crippen molar-refractivity contribution in [3.05, 3.63) is 0 Å². The van der Waals surface area contributed by atoms with Gasteiger partial charge in [-0.15, -0.1) is 0 Å². The van der Waals surface area contributed by atoms with E-state index in [0.29, 0.717) is 6.04 Å². The summed E-state index contributed by atoms with van der Waals surface area (Å²) >= 11 is 0. The van der Waals surface area contributed by atoms with Crippen molar-refractivity contribution < 1.29 is 4.74 Å². The summed E-state index contributed by atoms with van der Waals surface area (Å²) in [6.07, 6.45) is 8.06. The van der Waals surface area contributed by atoms with E-state index < -0.39 is 0 Å². The minimum absolute atomic E-state index is 0.124. The number of nitrogens with two attached hydrogens (primary N) is 1. The molecule has 1 aliphatic carbocycles. The molecule has 2 N–H and O–H groups in total. The van der Waals surface area contributed by atoms with Crippen molar-refractivity contribution in [3.8, 4) is 0 Å². The summed E-state index contributed by atoms with van der Waals surface area (Å²) in [4.78, 5) is 2.68. The molecule has 0 bridgehead atoms. The second-order valence-electron chi connectivity index (χ2n) is 5.91. The molecule has 0 radical (unpaired) electrons. The van der Waals surface area contributed by atoms with Gasteiger partial charge in [-0.2, -0.15) is 0 Å². The van der Waals surface area contributed by atoms with E-state index in [-0.39, 0.29) is 5.54 Å². The Kier molecular flexibility index (Phi) is 4.45. The largest absolute Gasteiger partial charge is 0.383 e. The first kappa shape index (κ1) is 13.3. The Balaban J connectivity index is 2.16. The lowest BCUT2D eigenvalue weighted by atomic mass is 9.89. The average molecular weight is 240 g/mol. The molecule has 1 saturated carbocycles. The van der Waals surface area contributed by atoms with Crippen LogP contribution in [0.3, 0.4) is 0 Å². The van der Waals surface area contributed by atoms with Crippen LogP contribution in [0.2, 0.25) is 0 Å². The zero-order valence-corrected chi connectivity index (χ0v) is 11.5. The van der Waals surface area contributed by atoms with Gasteiger partial charge in [-0.1, -0.05) is 12.8 Å². The van der Waals surface area contributed by atoms with Crippen molar-refractivity contribution in [1.82, 2.24) is 4.90 Å². The molecule has 0 aromatic carbocycles. The highest BCUT2D eigenvalue weighted by molar-refractivity contribution is 5.05. The topological polar surface area (TPSA) is 38.5 Å². The standard InChI is InChI=1S/C14H28N2O/c1-12-6-4-3-5-9-16(12)14(10-15,11-17-2)13-7-8-13/h12-13H,3-11,15H2,1-2H3. The van der Waals surface area contributed by atoms with Crippen molar-refractivity contribution in [2.24, 2.45) is 11.7 Å². The highest BCUT2D eigenvalue weighted by Crippen LogP contribution is 2.44. The first-order valence-electron chi connectivity index (χ1n) is 7.20. The molecule has 0 spiro atoms. The molecule has 3 nitrogen and oxygen atoms in total. The summed E-state index contributed by atoms with van der Waals surface area (Å²) < 4.78 is 5.52. The predicted molar refractivity (Wildman–Crippen MR) is 71.0 cm³/mol. The van der Waals surface area contributed by atoms with Crippen LogP contribution in [-0.4, -0.2) is 43.3 Å². The summed E-state index contributed by atoms with van der Waals surface area (Å²) in [5.74, 6) is 0.771. The molecule has 1 aliphatic heterocycles. The third-order valence-corrected chi connectivity index (χ3v) is 4.71. The number of ether oxygens (including phenoxy) is 1. The maximum atomic E-state index is 6.16. The van der Waals surface area contributed by atoms with Crippen molar-refractivity contribution >= 4 is 0 Å². The van der Waals surface area contributed by atoms with Gasteiger partial charge in [0.15, 0.2) is 0 Å². The number of rotatable bonds is 5. The first-order chi connectivity index (χ1) is 8.24. The number of hydrogen-bond donors (Lipinski definition) is 1.